The summed E-state index contributed by atoms with van der Waals surface area (Å²) in [6.07, 6.45) is 0.468. The van der Waals surface area contributed by atoms with Gasteiger partial charge in [0, 0.05) is 81.9 Å². The molecule has 4 aromatic carbocycles. The van der Waals surface area contributed by atoms with Crippen LogP contribution in [-0.4, -0.2) is 115 Å². The largest absolute Gasteiger partial charge is 0.382 e. The van der Waals surface area contributed by atoms with Crippen LogP contribution in [0.2, 0.25) is 0 Å². The zero-order valence-electron chi connectivity index (χ0n) is 34.3. The number of fused-ring (bicyclic) bond motifs is 1. The lowest BCUT2D eigenvalue weighted by atomic mass is 9.93. The van der Waals surface area contributed by atoms with Crippen LogP contribution in [0.25, 0.3) is 10.8 Å². The van der Waals surface area contributed by atoms with Crippen LogP contribution >= 0.6 is 27.7 Å². The van der Waals surface area contributed by atoms with Crippen LogP contribution in [-0.2, 0) is 28.7 Å². The van der Waals surface area contributed by atoms with Crippen molar-refractivity contribution in [3.63, 3.8) is 0 Å². The molecule has 4 aromatic rings. The van der Waals surface area contributed by atoms with Gasteiger partial charge in [-0.25, -0.2) is 0 Å². The molecule has 3 aliphatic heterocycles. The van der Waals surface area contributed by atoms with Crippen molar-refractivity contribution in [1.82, 2.24) is 25.8 Å². The van der Waals surface area contributed by atoms with Gasteiger partial charge in [-0.15, -0.1) is 0 Å². The highest BCUT2D eigenvalue weighted by Gasteiger charge is 2.45. The third kappa shape index (κ3) is 10.8. The van der Waals surface area contributed by atoms with Crippen LogP contribution in [0.3, 0.4) is 0 Å². The summed E-state index contributed by atoms with van der Waals surface area (Å²) in [6, 6.07) is 21.2. The second-order valence-corrected chi connectivity index (χ2v) is 17.1. The van der Waals surface area contributed by atoms with Crippen LogP contribution in [0.4, 0.5) is 5.69 Å². The van der Waals surface area contributed by atoms with Crippen molar-refractivity contribution in [2.45, 2.75) is 60.6 Å². The minimum Gasteiger partial charge on any atom is -0.382 e. The van der Waals surface area contributed by atoms with Crippen LogP contribution in [0.5, 0.6) is 0 Å². The Labute approximate surface area is 375 Å². The summed E-state index contributed by atoms with van der Waals surface area (Å²) < 4.78 is 12.1. The smallest absolute Gasteiger partial charge is 0.264 e. The zero-order chi connectivity index (χ0) is 44.5. The minimum atomic E-state index is -1.15. The lowest BCUT2D eigenvalue weighted by Gasteiger charge is -2.34. The highest BCUT2D eigenvalue weighted by Crippen LogP contribution is 2.41. The number of carbonyl (C=O) groups excluding carboxylic acids is 7. The molecule has 0 aromatic heterocycles. The Hall–Kier alpha value is -5.66. The zero-order valence-corrected chi connectivity index (χ0v) is 36.7. The Morgan fingerprint density at radius 3 is 2.21 bits per heavy atom. The quantitative estimate of drug-likeness (QED) is 0.0576. The van der Waals surface area contributed by atoms with Gasteiger partial charge in [-0.3, -0.25) is 43.8 Å². The molecule has 5 N–H and O–H groups in total. The van der Waals surface area contributed by atoms with Crippen LogP contribution in [0.15, 0.2) is 87.1 Å². The number of halogens is 1. The Morgan fingerprint density at radius 1 is 0.778 bits per heavy atom. The molecule has 2 atom stereocenters. The number of unbranched alkanes of at least 4 members (excludes halogenated alkanes) is 1. The average Bonchev–Trinajstić information content (AvgIpc) is 3.53. The summed E-state index contributed by atoms with van der Waals surface area (Å²) >= 11 is 5.05. The second kappa shape index (κ2) is 21.1. The van der Waals surface area contributed by atoms with Crippen molar-refractivity contribution in [2.75, 3.05) is 57.9 Å². The molecule has 63 heavy (non-hydrogen) atoms. The van der Waals surface area contributed by atoms with Crippen molar-refractivity contribution in [3.8, 4) is 0 Å². The van der Waals surface area contributed by atoms with Gasteiger partial charge in [0.1, 0.15) is 6.04 Å². The van der Waals surface area contributed by atoms with Crippen molar-refractivity contribution >= 4 is 85.5 Å². The normalized spacial score (nSPS) is 17.0. The number of hydrogen-bond donors (Lipinski definition) is 5. The van der Waals surface area contributed by atoms with E-state index in [0.29, 0.717) is 56.0 Å². The number of rotatable bonds is 21. The number of aliphatic hydroxyl groups is 1. The van der Waals surface area contributed by atoms with Gasteiger partial charge in [0.05, 0.1) is 37.6 Å². The van der Waals surface area contributed by atoms with Crippen molar-refractivity contribution in [2.24, 2.45) is 0 Å². The van der Waals surface area contributed by atoms with E-state index in [9.17, 15) is 38.7 Å². The van der Waals surface area contributed by atoms with Gasteiger partial charge in [0.25, 0.3) is 17.7 Å². The van der Waals surface area contributed by atoms with E-state index in [1.165, 1.54) is 11.0 Å². The monoisotopic (exact) mass is 942 g/mol. The lowest BCUT2D eigenvalue weighted by Crippen LogP contribution is -2.54. The molecule has 1 fully saturated rings. The first kappa shape index (κ1) is 45.4. The fourth-order valence-electron chi connectivity index (χ4n) is 7.75. The molecular weight excluding hydrogens is 896 g/mol. The maximum absolute atomic E-state index is 13.5. The predicted octanol–water partition coefficient (Wildman–Crippen LogP) is 4.54. The Morgan fingerprint density at radius 2 is 1.48 bits per heavy atom. The molecule has 7 rings (SSSR count). The molecule has 16 nitrogen and oxygen atoms in total. The number of nitrogens with one attached hydrogen (secondary N) is 4. The van der Waals surface area contributed by atoms with Crippen molar-refractivity contribution in [1.29, 1.82) is 0 Å². The maximum Gasteiger partial charge on any atom is 0.264 e. The molecule has 0 radical (unpaired) electrons. The number of hydrogen-bond acceptors (Lipinski definition) is 12. The van der Waals surface area contributed by atoms with E-state index in [1.807, 2.05) is 48.5 Å². The van der Waals surface area contributed by atoms with Crippen LogP contribution < -0.4 is 21.3 Å². The molecule has 2 unspecified atom stereocenters. The summed E-state index contributed by atoms with van der Waals surface area (Å²) in [5.41, 5.74) is 1.96. The number of benzene rings is 4. The molecule has 3 heterocycles. The highest BCUT2D eigenvalue weighted by molar-refractivity contribution is 9.10. The fourth-order valence-corrected chi connectivity index (χ4v) is 8.95. The minimum absolute atomic E-state index is 0.0433. The van der Waals surface area contributed by atoms with Crippen LogP contribution in [0, 0.1) is 0 Å². The summed E-state index contributed by atoms with van der Waals surface area (Å²) in [6.45, 7) is 2.10. The standard InChI is InChI=1S/C45H47BrN6O10S/c46-27-11-13-28(14-12-27)63-35-17-15-32-39-29(35)5-3-6-30(39)42(57)51(43(32)58)22-19-48-36(53)9-1-2-10-37(54)49-21-24-62-26-25-61-23-20-47-33-8-4-7-31-40(33)45(60)52(44(31)59)34-16-18-38(55)50-41(34)56/h3-8,11-15,17,34,42,47,57H,1-2,9-10,16,18-26H2,(H,48,53)(H,49,54)(H,50,55,56). The number of carbonyl (C=O) groups is 7. The van der Waals surface area contributed by atoms with E-state index in [2.05, 4.69) is 37.2 Å². The van der Waals surface area contributed by atoms with Gasteiger partial charge < -0.3 is 35.4 Å². The first-order valence-corrected chi connectivity index (χ1v) is 22.4. The Kier molecular flexibility index (Phi) is 15.2. The third-order valence-corrected chi connectivity index (χ3v) is 12.5. The topological polar surface area (TPSA) is 213 Å². The molecule has 0 aliphatic carbocycles. The summed E-state index contributed by atoms with van der Waals surface area (Å²) in [5.74, 6) is -2.92. The van der Waals surface area contributed by atoms with Gasteiger partial charge in [-0.05, 0) is 73.2 Å². The summed E-state index contributed by atoms with van der Waals surface area (Å²) in [7, 11) is 0. The number of nitrogens with zero attached hydrogens (tertiary/aromatic N) is 2. The number of imide groups is 2. The first-order chi connectivity index (χ1) is 30.5. The Bertz CT molecular complexity index is 2420. The number of aliphatic hydroxyl groups excluding tert-OH is 1. The number of anilines is 1. The number of amides is 7. The molecule has 0 spiro atoms. The van der Waals surface area contributed by atoms with E-state index in [-0.39, 0.29) is 80.8 Å². The molecule has 0 saturated carbocycles. The SMILES string of the molecule is O=C(CCCCC(=O)NCCN1C(=O)c2ccc(Sc3ccc(Br)cc3)c3cccc(c23)C1O)NCCOCCOCCNc1cccc2c1C(=O)N(C1CCC(=O)NC1=O)C2=O. The van der Waals surface area contributed by atoms with Gasteiger partial charge in [-0.2, -0.15) is 0 Å². The van der Waals surface area contributed by atoms with Gasteiger partial charge in [0.15, 0.2) is 6.23 Å². The number of ether oxygens (including phenoxy) is 2. The second-order valence-electron chi connectivity index (χ2n) is 15.0. The van der Waals surface area contributed by atoms with E-state index in [1.54, 1.807) is 30.0 Å². The maximum atomic E-state index is 13.5. The van der Waals surface area contributed by atoms with E-state index in [4.69, 9.17) is 9.47 Å². The number of piperidine rings is 1. The molecule has 1 saturated heterocycles. The van der Waals surface area contributed by atoms with E-state index >= 15 is 0 Å². The Balaban J connectivity index is 0.719. The molecular formula is C45H47BrN6O10S. The average molecular weight is 944 g/mol. The van der Waals surface area contributed by atoms with E-state index in [0.717, 1.165) is 29.9 Å². The third-order valence-electron chi connectivity index (χ3n) is 10.8. The van der Waals surface area contributed by atoms with Crippen molar-refractivity contribution in [3.05, 3.63) is 99.5 Å². The summed E-state index contributed by atoms with van der Waals surface area (Å²) in [5, 5.41) is 23.8. The highest BCUT2D eigenvalue weighted by atomic mass is 79.9. The molecule has 18 heteroatoms. The summed E-state index contributed by atoms with van der Waals surface area (Å²) in [4.78, 5) is 92.8. The molecule has 3 aliphatic rings. The first-order valence-electron chi connectivity index (χ1n) is 20.8. The molecule has 0 bridgehead atoms. The fraction of sp³-hybridized carbons (Fsp3) is 0.356. The van der Waals surface area contributed by atoms with E-state index < -0.39 is 35.9 Å². The van der Waals surface area contributed by atoms with Gasteiger partial charge in [0.2, 0.25) is 23.6 Å². The van der Waals surface area contributed by atoms with Crippen molar-refractivity contribution < 1.29 is 48.1 Å². The molecule has 330 valence electrons. The van der Waals surface area contributed by atoms with Gasteiger partial charge >= 0.3 is 0 Å². The lowest BCUT2D eigenvalue weighted by molar-refractivity contribution is -0.136. The van der Waals surface area contributed by atoms with Crippen LogP contribution in [0.1, 0.15) is 81.4 Å². The predicted molar refractivity (Wildman–Crippen MR) is 236 cm³/mol. The molecule has 7 amide bonds. The van der Waals surface area contributed by atoms with Gasteiger partial charge in [-0.1, -0.05) is 52.0 Å².